The van der Waals surface area contributed by atoms with Gasteiger partial charge in [0, 0.05) is 15.7 Å². The van der Waals surface area contributed by atoms with Gasteiger partial charge in [-0.25, -0.2) is 0 Å². The summed E-state index contributed by atoms with van der Waals surface area (Å²) in [6.07, 6.45) is 0. The number of halogens is 1. The summed E-state index contributed by atoms with van der Waals surface area (Å²) in [4.78, 5) is 10.2. The van der Waals surface area contributed by atoms with Crippen LogP contribution >= 0.6 is 22.6 Å². The maximum absolute atomic E-state index is 10.5. The summed E-state index contributed by atoms with van der Waals surface area (Å²) in [5, 5.41) is 12.5. The molecule has 14 heavy (non-hydrogen) atoms. The third kappa shape index (κ3) is 1.70. The molecule has 3 nitrogen and oxygen atoms in total. The van der Waals surface area contributed by atoms with Gasteiger partial charge in [-0.05, 0) is 51.6 Å². The molecule has 2 rings (SSSR count). The van der Waals surface area contributed by atoms with Crippen molar-refractivity contribution in [1.82, 2.24) is 0 Å². The SMILES string of the molecule is O=[N+]([O-])c1ccc2ccc(I)cc2c1. The Morgan fingerprint density at radius 1 is 1.07 bits per heavy atom. The Hall–Kier alpha value is -1.17. The van der Waals surface area contributed by atoms with E-state index in [1.54, 1.807) is 12.1 Å². The van der Waals surface area contributed by atoms with Gasteiger partial charge in [0.1, 0.15) is 0 Å². The van der Waals surface area contributed by atoms with Crippen molar-refractivity contribution in [2.75, 3.05) is 0 Å². The van der Waals surface area contributed by atoms with Crippen molar-refractivity contribution < 1.29 is 4.92 Å². The van der Waals surface area contributed by atoms with Crippen molar-refractivity contribution >= 4 is 39.1 Å². The monoisotopic (exact) mass is 299 g/mol. The van der Waals surface area contributed by atoms with Crippen molar-refractivity contribution in [1.29, 1.82) is 0 Å². The highest BCUT2D eigenvalue weighted by Crippen LogP contribution is 2.22. The van der Waals surface area contributed by atoms with Gasteiger partial charge in [-0.3, -0.25) is 10.1 Å². The molecule has 0 aliphatic heterocycles. The van der Waals surface area contributed by atoms with Gasteiger partial charge in [-0.1, -0.05) is 6.07 Å². The average molecular weight is 299 g/mol. The maximum Gasteiger partial charge on any atom is 0.270 e. The van der Waals surface area contributed by atoms with E-state index in [0.29, 0.717) is 0 Å². The van der Waals surface area contributed by atoms with Gasteiger partial charge in [0.2, 0.25) is 0 Å². The molecule has 0 aliphatic rings. The number of non-ortho nitro benzene ring substituents is 1. The number of hydrogen-bond acceptors (Lipinski definition) is 2. The zero-order chi connectivity index (χ0) is 10.1. The van der Waals surface area contributed by atoms with Gasteiger partial charge in [-0.2, -0.15) is 0 Å². The number of nitro groups is 1. The number of rotatable bonds is 1. The van der Waals surface area contributed by atoms with Crippen LogP contribution in [0.5, 0.6) is 0 Å². The Kier molecular flexibility index (Phi) is 2.37. The molecular weight excluding hydrogens is 293 g/mol. The molecule has 0 radical (unpaired) electrons. The van der Waals surface area contributed by atoms with E-state index in [4.69, 9.17) is 0 Å². The number of benzene rings is 2. The molecule has 0 bridgehead atoms. The number of nitro benzene ring substituents is 1. The van der Waals surface area contributed by atoms with Crippen molar-refractivity contribution in [2.45, 2.75) is 0 Å². The summed E-state index contributed by atoms with van der Waals surface area (Å²) in [5.41, 5.74) is 0.138. The third-order valence-electron chi connectivity index (χ3n) is 2.00. The summed E-state index contributed by atoms with van der Waals surface area (Å²) < 4.78 is 1.08. The summed E-state index contributed by atoms with van der Waals surface area (Å²) in [6, 6.07) is 10.8. The molecule has 0 N–H and O–H groups in total. The average Bonchev–Trinajstić information content (AvgIpc) is 2.16. The van der Waals surface area contributed by atoms with Crippen molar-refractivity contribution in [3.63, 3.8) is 0 Å². The molecule has 0 aliphatic carbocycles. The first-order valence-corrected chi connectivity index (χ1v) is 5.08. The number of hydrogen-bond donors (Lipinski definition) is 0. The van der Waals surface area contributed by atoms with E-state index in [-0.39, 0.29) is 10.6 Å². The van der Waals surface area contributed by atoms with Crippen LogP contribution in [0.15, 0.2) is 36.4 Å². The van der Waals surface area contributed by atoms with Crippen LogP contribution in [0.2, 0.25) is 0 Å². The molecule has 0 saturated carbocycles. The minimum atomic E-state index is -0.376. The quantitative estimate of drug-likeness (QED) is 0.460. The van der Waals surface area contributed by atoms with Crippen LogP contribution in [0.1, 0.15) is 0 Å². The molecule has 0 heterocycles. The van der Waals surface area contributed by atoms with Crippen LogP contribution in [-0.2, 0) is 0 Å². The lowest BCUT2D eigenvalue weighted by atomic mass is 10.1. The topological polar surface area (TPSA) is 43.1 Å². The molecule has 70 valence electrons. The first kappa shape index (κ1) is 9.39. The van der Waals surface area contributed by atoms with Gasteiger partial charge in [0.25, 0.3) is 5.69 Å². The van der Waals surface area contributed by atoms with Gasteiger partial charge < -0.3 is 0 Å². The van der Waals surface area contributed by atoms with E-state index in [0.717, 1.165) is 14.3 Å². The second-order valence-corrected chi connectivity index (χ2v) is 4.18. The van der Waals surface area contributed by atoms with E-state index >= 15 is 0 Å². The third-order valence-corrected chi connectivity index (χ3v) is 2.67. The van der Waals surface area contributed by atoms with E-state index in [1.807, 2.05) is 18.2 Å². The Balaban J connectivity index is 2.69. The lowest BCUT2D eigenvalue weighted by Gasteiger charge is -1.98. The van der Waals surface area contributed by atoms with Gasteiger partial charge in [-0.15, -0.1) is 0 Å². The normalized spacial score (nSPS) is 10.4. The summed E-state index contributed by atoms with van der Waals surface area (Å²) in [5.74, 6) is 0. The van der Waals surface area contributed by atoms with Gasteiger partial charge in [0.05, 0.1) is 4.92 Å². The molecule has 0 unspecified atom stereocenters. The lowest BCUT2D eigenvalue weighted by molar-refractivity contribution is -0.384. The Labute approximate surface area is 94.0 Å². The largest absolute Gasteiger partial charge is 0.270 e. The zero-order valence-corrected chi connectivity index (χ0v) is 9.26. The van der Waals surface area contributed by atoms with E-state index in [2.05, 4.69) is 22.6 Å². The number of fused-ring (bicyclic) bond motifs is 1. The van der Waals surface area contributed by atoms with Crippen LogP contribution in [0.3, 0.4) is 0 Å². The molecular formula is C10H6INO2. The standard InChI is InChI=1S/C10H6INO2/c11-9-3-1-7-2-4-10(12(13)14)6-8(7)5-9/h1-6H. The van der Waals surface area contributed by atoms with E-state index < -0.39 is 0 Å². The smallest absolute Gasteiger partial charge is 0.258 e. The van der Waals surface area contributed by atoms with Crippen molar-refractivity contribution in [3.05, 3.63) is 50.1 Å². The summed E-state index contributed by atoms with van der Waals surface area (Å²) in [7, 11) is 0. The van der Waals surface area contributed by atoms with E-state index in [9.17, 15) is 10.1 Å². The fourth-order valence-electron chi connectivity index (χ4n) is 1.32. The zero-order valence-electron chi connectivity index (χ0n) is 7.11. The Bertz CT molecular complexity index is 510. The van der Waals surface area contributed by atoms with Crippen LogP contribution in [0.4, 0.5) is 5.69 Å². The molecule has 0 saturated heterocycles. The molecule has 0 fully saturated rings. The minimum Gasteiger partial charge on any atom is -0.258 e. The molecule has 4 heteroatoms. The Morgan fingerprint density at radius 2 is 1.79 bits per heavy atom. The molecule has 2 aromatic carbocycles. The minimum absolute atomic E-state index is 0.138. The highest BCUT2D eigenvalue weighted by atomic mass is 127. The maximum atomic E-state index is 10.5. The first-order valence-electron chi connectivity index (χ1n) is 4.00. The second kappa shape index (κ2) is 3.53. The molecule has 0 atom stereocenters. The fraction of sp³-hybridized carbons (Fsp3) is 0. The number of nitrogens with zero attached hydrogens (tertiary/aromatic N) is 1. The van der Waals surface area contributed by atoms with Crippen LogP contribution < -0.4 is 0 Å². The second-order valence-electron chi connectivity index (χ2n) is 2.93. The predicted octanol–water partition coefficient (Wildman–Crippen LogP) is 3.35. The van der Waals surface area contributed by atoms with Crippen LogP contribution in [-0.4, -0.2) is 4.92 Å². The predicted molar refractivity (Wildman–Crippen MR) is 63.3 cm³/mol. The summed E-state index contributed by atoms with van der Waals surface area (Å²) >= 11 is 2.19. The van der Waals surface area contributed by atoms with Crippen molar-refractivity contribution in [3.8, 4) is 0 Å². The highest BCUT2D eigenvalue weighted by molar-refractivity contribution is 14.1. The first-order chi connectivity index (χ1) is 6.66. The van der Waals surface area contributed by atoms with Gasteiger partial charge >= 0.3 is 0 Å². The Morgan fingerprint density at radius 3 is 2.50 bits per heavy atom. The van der Waals surface area contributed by atoms with Crippen LogP contribution in [0, 0.1) is 13.7 Å². The summed E-state index contributed by atoms with van der Waals surface area (Å²) in [6.45, 7) is 0. The highest BCUT2D eigenvalue weighted by Gasteiger charge is 2.05. The van der Waals surface area contributed by atoms with E-state index in [1.165, 1.54) is 6.07 Å². The molecule has 0 aromatic heterocycles. The fourth-order valence-corrected chi connectivity index (χ4v) is 1.83. The molecule has 0 spiro atoms. The lowest BCUT2D eigenvalue weighted by Crippen LogP contribution is -1.87. The molecule has 2 aromatic rings. The van der Waals surface area contributed by atoms with Crippen LogP contribution in [0.25, 0.3) is 10.8 Å². The van der Waals surface area contributed by atoms with Gasteiger partial charge in [0.15, 0.2) is 0 Å². The van der Waals surface area contributed by atoms with Crippen molar-refractivity contribution in [2.24, 2.45) is 0 Å². The molecule has 0 amide bonds.